The third-order valence-electron chi connectivity index (χ3n) is 0. The topological polar surface area (TPSA) is 20.2 Å². The maximum Gasteiger partial charge on any atom is 0.0483 e. The van der Waals surface area contributed by atoms with E-state index >= 15 is 0 Å². The van der Waals surface area contributed by atoms with Crippen LogP contribution in [0.5, 0.6) is 0 Å². The van der Waals surface area contributed by atoms with E-state index in [1.807, 2.05) is 0 Å². The van der Waals surface area contributed by atoms with Crippen molar-refractivity contribution >= 4 is 0 Å². The van der Waals surface area contributed by atoms with E-state index in [1.54, 1.807) is 13.8 Å². The van der Waals surface area contributed by atoms with E-state index in [1.165, 1.54) is 0 Å². The van der Waals surface area contributed by atoms with Crippen LogP contribution in [0, 0.1) is 0 Å². The molecule has 3 heteroatoms. The summed E-state index contributed by atoms with van der Waals surface area (Å²) in [5.41, 5.74) is 0. The van der Waals surface area contributed by atoms with Gasteiger partial charge >= 0.3 is 0 Å². The first-order valence-electron chi connectivity index (χ1n) is 1.41. The minimum atomic E-state index is -0.167. The van der Waals surface area contributed by atoms with Gasteiger partial charge in [-0.2, -0.15) is 0 Å². The number of aliphatic hydroxyl groups excluding tert-OH is 1. The Bertz CT molecular complexity index is 15.5. The van der Waals surface area contributed by atoms with Gasteiger partial charge in [-0.15, -0.1) is 0 Å². The van der Waals surface area contributed by atoms with E-state index in [2.05, 4.69) is 0 Å². The van der Waals surface area contributed by atoms with Gasteiger partial charge in [0.05, 0.1) is 0 Å². The van der Waals surface area contributed by atoms with Crippen molar-refractivity contribution in [2.24, 2.45) is 0 Å². The molecule has 1 nitrogen and oxygen atoms in total. The average molecular weight is 209 g/mol. The molecule has 1 N–H and O–H groups in total. The van der Waals surface area contributed by atoms with Gasteiger partial charge in [-0.05, 0) is 13.8 Å². The van der Waals surface area contributed by atoms with E-state index < -0.39 is 0 Å². The van der Waals surface area contributed by atoms with Crippen LogP contribution in [-0.4, -0.2) is 11.2 Å². The molecule has 38 valence electrons. The van der Waals surface area contributed by atoms with Crippen molar-refractivity contribution in [1.29, 1.82) is 0 Å². The molecule has 0 rings (SSSR count). The molecule has 0 saturated heterocycles. The molecule has 0 aliphatic heterocycles. The molecule has 6 heavy (non-hydrogen) atoms. The Kier molecular flexibility index (Phi) is 25.0. The zero-order valence-corrected chi connectivity index (χ0v) is 7.18. The van der Waals surface area contributed by atoms with Crippen molar-refractivity contribution in [1.82, 2.24) is 0 Å². The summed E-state index contributed by atoms with van der Waals surface area (Å²) in [7, 11) is 0. The predicted molar refractivity (Wildman–Crippen MR) is 17.4 cm³/mol. The Morgan fingerprint density at radius 1 is 1.33 bits per heavy atom. The van der Waals surface area contributed by atoms with Gasteiger partial charge in [0.25, 0.3) is 0 Å². The van der Waals surface area contributed by atoms with Crippen LogP contribution in [0.15, 0.2) is 0 Å². The molecule has 0 aliphatic carbocycles. The molecule has 0 aromatic carbocycles. The standard InChI is InChI=1S/C3H8O.Ru.Ti/c1-3(2)4;;/h3-4H,1-2H3;;. The van der Waals surface area contributed by atoms with E-state index in [9.17, 15) is 0 Å². The van der Waals surface area contributed by atoms with Crippen LogP contribution in [0.1, 0.15) is 13.8 Å². The maximum absolute atomic E-state index is 8.06. The second-order valence-electron chi connectivity index (χ2n) is 1.09. The first-order chi connectivity index (χ1) is 1.73. The van der Waals surface area contributed by atoms with Crippen LogP contribution in [0.25, 0.3) is 0 Å². The number of aliphatic hydroxyl groups is 1. The van der Waals surface area contributed by atoms with E-state index in [-0.39, 0.29) is 47.3 Å². The minimum absolute atomic E-state index is 0. The predicted octanol–water partition coefficient (Wildman–Crippen LogP) is 0.382. The Morgan fingerprint density at radius 2 is 1.33 bits per heavy atom. The smallest absolute Gasteiger partial charge is 0.0483 e. The molecule has 0 heterocycles. The van der Waals surface area contributed by atoms with Crippen molar-refractivity contribution in [2.75, 3.05) is 0 Å². The van der Waals surface area contributed by atoms with E-state index in [0.29, 0.717) is 0 Å². The van der Waals surface area contributed by atoms with Crippen molar-refractivity contribution in [3.8, 4) is 0 Å². The van der Waals surface area contributed by atoms with Crippen LogP contribution in [0.2, 0.25) is 0 Å². The van der Waals surface area contributed by atoms with Gasteiger partial charge < -0.3 is 5.11 Å². The van der Waals surface area contributed by atoms with Crippen LogP contribution in [0.4, 0.5) is 0 Å². The van der Waals surface area contributed by atoms with E-state index in [4.69, 9.17) is 5.11 Å². The van der Waals surface area contributed by atoms with Gasteiger partial charge in [-0.1, -0.05) is 0 Å². The fraction of sp³-hybridized carbons (Fsp3) is 1.00. The Hall–Kier alpha value is 1.30. The fourth-order valence-corrected chi connectivity index (χ4v) is 0. The second kappa shape index (κ2) is 9.57. The third kappa shape index (κ3) is 58.1. The normalized spacial score (nSPS) is 6.00. The van der Waals surface area contributed by atoms with Crippen LogP contribution in [0.3, 0.4) is 0 Å². The van der Waals surface area contributed by atoms with E-state index in [0.717, 1.165) is 0 Å². The molecule has 0 atom stereocenters. The van der Waals surface area contributed by atoms with Gasteiger partial charge in [-0.25, -0.2) is 0 Å². The summed E-state index contributed by atoms with van der Waals surface area (Å²) in [6.07, 6.45) is -0.167. The summed E-state index contributed by atoms with van der Waals surface area (Å²) >= 11 is 0. The summed E-state index contributed by atoms with van der Waals surface area (Å²) in [6, 6.07) is 0. The summed E-state index contributed by atoms with van der Waals surface area (Å²) < 4.78 is 0. The molecule has 0 aromatic heterocycles. The molecule has 0 saturated carbocycles. The van der Waals surface area contributed by atoms with Crippen molar-refractivity contribution < 1.29 is 46.3 Å². The zero-order chi connectivity index (χ0) is 3.58. The molecular formula is C3H8ORuTi. The van der Waals surface area contributed by atoms with Gasteiger partial charge in [0, 0.05) is 47.3 Å². The van der Waals surface area contributed by atoms with Crippen LogP contribution < -0.4 is 0 Å². The molecule has 0 amide bonds. The van der Waals surface area contributed by atoms with Gasteiger partial charge in [0.1, 0.15) is 0 Å². The first kappa shape index (κ1) is 15.7. The molecule has 0 unspecified atom stereocenters. The summed E-state index contributed by atoms with van der Waals surface area (Å²) in [5, 5.41) is 8.06. The Labute approximate surface area is 66.2 Å². The molecule has 0 aromatic rings. The molecule has 0 aliphatic rings. The molecule has 0 fully saturated rings. The average Bonchev–Trinajstić information content (AvgIpc) is 0.811. The first-order valence-corrected chi connectivity index (χ1v) is 1.41. The minimum Gasteiger partial charge on any atom is -0.394 e. The largest absolute Gasteiger partial charge is 0.394 e. The molecule has 0 spiro atoms. The molecule has 0 radical (unpaired) electrons. The maximum atomic E-state index is 8.06. The summed E-state index contributed by atoms with van der Waals surface area (Å²) in [4.78, 5) is 0. The van der Waals surface area contributed by atoms with Crippen molar-refractivity contribution in [2.45, 2.75) is 20.0 Å². The monoisotopic (exact) mass is 210 g/mol. The zero-order valence-electron chi connectivity index (χ0n) is 3.88. The van der Waals surface area contributed by atoms with Crippen molar-refractivity contribution in [3.63, 3.8) is 0 Å². The summed E-state index contributed by atoms with van der Waals surface area (Å²) in [6.45, 7) is 3.44. The number of hydrogen-bond acceptors (Lipinski definition) is 1. The summed E-state index contributed by atoms with van der Waals surface area (Å²) in [5.74, 6) is 0. The molecule has 0 bridgehead atoms. The van der Waals surface area contributed by atoms with Gasteiger partial charge in [0.15, 0.2) is 0 Å². The second-order valence-corrected chi connectivity index (χ2v) is 1.09. The SMILES string of the molecule is CC(C)O.[Ru].[Ti]. The number of hydrogen-bond donors (Lipinski definition) is 1. The van der Waals surface area contributed by atoms with Crippen LogP contribution >= 0.6 is 0 Å². The van der Waals surface area contributed by atoms with Gasteiger partial charge in [0.2, 0.25) is 0 Å². The van der Waals surface area contributed by atoms with Gasteiger partial charge in [-0.3, -0.25) is 0 Å². The third-order valence-corrected chi connectivity index (χ3v) is 0. The van der Waals surface area contributed by atoms with Crippen LogP contribution in [-0.2, 0) is 41.2 Å². The Morgan fingerprint density at radius 3 is 1.33 bits per heavy atom. The fourth-order valence-electron chi connectivity index (χ4n) is 0. The molecular weight excluding hydrogens is 201 g/mol. The Balaban J connectivity index is -0.0000000450. The quantitative estimate of drug-likeness (QED) is 0.572. The van der Waals surface area contributed by atoms with Crippen molar-refractivity contribution in [3.05, 3.63) is 0 Å². The number of rotatable bonds is 0.